The molecule has 4 rings (SSSR count). The molecule has 144 valence electrons. The Kier molecular flexibility index (Phi) is 5.22. The van der Waals surface area contributed by atoms with Crippen molar-refractivity contribution < 1.29 is 34.9 Å². The van der Waals surface area contributed by atoms with E-state index in [4.69, 9.17) is 4.74 Å². The highest BCUT2D eigenvalue weighted by molar-refractivity contribution is 6.07. The van der Waals surface area contributed by atoms with Gasteiger partial charge in [-0.25, -0.2) is 0 Å². The first-order valence-electron chi connectivity index (χ1n) is 8.46. The van der Waals surface area contributed by atoms with E-state index in [1.165, 1.54) is 19.2 Å². The summed E-state index contributed by atoms with van der Waals surface area (Å²) >= 11 is 0. The lowest BCUT2D eigenvalue weighted by Crippen LogP contribution is -3.00. The lowest BCUT2D eigenvalue weighted by molar-refractivity contribution is -0.643. The van der Waals surface area contributed by atoms with Gasteiger partial charge in [-0.15, -0.1) is 0 Å². The smallest absolute Gasteiger partial charge is 0.417 e. The number of methoxy groups -OCH3 is 1. The third kappa shape index (κ3) is 3.27. The molecule has 0 bridgehead atoms. The van der Waals surface area contributed by atoms with Crippen LogP contribution in [0.2, 0.25) is 0 Å². The molecule has 0 amide bonds. The predicted molar refractivity (Wildman–Crippen MR) is 99.6 cm³/mol. The Hall–Kier alpha value is -2.79. The first-order chi connectivity index (χ1) is 12.9. The van der Waals surface area contributed by atoms with Crippen molar-refractivity contribution in [1.82, 2.24) is 0 Å². The molecule has 0 unspecified atom stereocenters. The largest absolute Gasteiger partial charge is 1.00 e. The summed E-state index contributed by atoms with van der Waals surface area (Å²) < 4.78 is 48.0. The van der Waals surface area contributed by atoms with Gasteiger partial charge in [-0.2, -0.15) is 17.7 Å². The van der Waals surface area contributed by atoms with Crippen molar-refractivity contribution in [2.24, 2.45) is 7.05 Å². The highest BCUT2D eigenvalue weighted by atomic mass is 35.5. The van der Waals surface area contributed by atoms with Crippen molar-refractivity contribution in [2.45, 2.75) is 6.18 Å². The molecule has 0 aliphatic carbocycles. The van der Waals surface area contributed by atoms with Crippen LogP contribution in [-0.4, -0.2) is 7.11 Å². The second-order valence-electron chi connectivity index (χ2n) is 6.45. The zero-order valence-corrected chi connectivity index (χ0v) is 16.0. The topological polar surface area (TPSA) is 13.1 Å². The minimum atomic E-state index is -4.43. The number of aryl methyl sites for hydroxylation is 1. The number of nitrogens with zero attached hydrogens (tertiary/aromatic N) is 1. The summed E-state index contributed by atoms with van der Waals surface area (Å²) in [6.07, 6.45) is -2.44. The average Bonchev–Trinajstić information content (AvgIpc) is 2.66. The van der Waals surface area contributed by atoms with E-state index in [9.17, 15) is 13.2 Å². The molecule has 1 heterocycles. The maximum Gasteiger partial charge on any atom is 0.417 e. The number of alkyl halides is 3. The highest BCUT2D eigenvalue weighted by Crippen LogP contribution is 2.40. The molecule has 0 saturated carbocycles. The second-order valence-corrected chi connectivity index (χ2v) is 6.45. The lowest BCUT2D eigenvalue weighted by atomic mass is 9.95. The van der Waals surface area contributed by atoms with Gasteiger partial charge in [-0.05, 0) is 35.4 Å². The van der Waals surface area contributed by atoms with Gasteiger partial charge in [0, 0.05) is 10.8 Å². The van der Waals surface area contributed by atoms with Crippen molar-refractivity contribution in [2.75, 3.05) is 7.11 Å². The summed E-state index contributed by atoms with van der Waals surface area (Å²) in [4.78, 5) is 0. The van der Waals surface area contributed by atoms with Crippen LogP contribution in [0.3, 0.4) is 0 Å². The van der Waals surface area contributed by atoms with Crippen LogP contribution < -0.4 is 21.7 Å². The standard InChI is InChI=1S/C22H17F3NO.ClH/c1-26-13-14-7-3-4-8-16(14)18-11-15(12-20(27-2)21(18)26)17-9-5-6-10-19(17)22(23,24)25;/h3-13H,1-2H3;1H/q+1;/p-1. The molecular weight excluding hydrogens is 387 g/mol. The van der Waals surface area contributed by atoms with Gasteiger partial charge in [0.05, 0.1) is 18.1 Å². The summed E-state index contributed by atoms with van der Waals surface area (Å²) in [5.41, 5.74) is 0.796. The Morgan fingerprint density at radius 1 is 0.893 bits per heavy atom. The zero-order chi connectivity index (χ0) is 19.2. The number of hydrogen-bond acceptors (Lipinski definition) is 1. The molecule has 0 radical (unpaired) electrons. The predicted octanol–water partition coefficient (Wildman–Crippen LogP) is 2.52. The van der Waals surface area contributed by atoms with Crippen LogP contribution in [0, 0.1) is 0 Å². The fourth-order valence-corrected chi connectivity index (χ4v) is 3.60. The fourth-order valence-electron chi connectivity index (χ4n) is 3.60. The van der Waals surface area contributed by atoms with Crippen LogP contribution in [0.1, 0.15) is 5.56 Å². The first kappa shape index (κ1) is 20.0. The van der Waals surface area contributed by atoms with Gasteiger partial charge < -0.3 is 17.1 Å². The van der Waals surface area contributed by atoms with E-state index in [0.717, 1.165) is 27.7 Å². The number of rotatable bonds is 2. The normalized spacial score (nSPS) is 11.5. The van der Waals surface area contributed by atoms with Gasteiger partial charge in [0.1, 0.15) is 7.05 Å². The second kappa shape index (κ2) is 7.32. The molecule has 0 atom stereocenters. The Morgan fingerprint density at radius 2 is 1.57 bits per heavy atom. The van der Waals surface area contributed by atoms with Crippen molar-refractivity contribution in [1.29, 1.82) is 0 Å². The SMILES string of the molecule is COc1cc(-c2ccccc2C(F)(F)F)cc2c3ccccc3c[n+](C)c12.[Cl-]. The number of halogens is 4. The maximum atomic E-state index is 13.5. The third-order valence-corrected chi connectivity index (χ3v) is 4.77. The monoisotopic (exact) mass is 403 g/mol. The number of fused-ring (bicyclic) bond motifs is 3. The van der Waals surface area contributed by atoms with Gasteiger partial charge in [-0.1, -0.05) is 36.4 Å². The van der Waals surface area contributed by atoms with Gasteiger partial charge in [-0.3, -0.25) is 0 Å². The molecule has 0 aliphatic rings. The third-order valence-electron chi connectivity index (χ3n) is 4.77. The van der Waals surface area contributed by atoms with Gasteiger partial charge >= 0.3 is 6.18 Å². The molecule has 0 fully saturated rings. The molecule has 3 aromatic carbocycles. The van der Waals surface area contributed by atoms with E-state index in [2.05, 4.69) is 0 Å². The summed E-state index contributed by atoms with van der Waals surface area (Å²) in [6, 6.07) is 16.9. The lowest BCUT2D eigenvalue weighted by Gasteiger charge is -2.15. The van der Waals surface area contributed by atoms with Crippen LogP contribution >= 0.6 is 0 Å². The van der Waals surface area contributed by atoms with Crippen LogP contribution in [0.4, 0.5) is 13.2 Å². The van der Waals surface area contributed by atoms with E-state index >= 15 is 0 Å². The first-order valence-corrected chi connectivity index (χ1v) is 8.46. The molecule has 0 saturated heterocycles. The number of ether oxygens (including phenoxy) is 1. The van der Waals surface area contributed by atoms with Crippen molar-refractivity contribution >= 4 is 21.7 Å². The number of pyridine rings is 1. The van der Waals surface area contributed by atoms with Crippen LogP contribution in [0.25, 0.3) is 32.8 Å². The summed E-state index contributed by atoms with van der Waals surface area (Å²) in [5, 5.41) is 2.83. The Balaban J connectivity index is 0.00000225. The molecule has 6 heteroatoms. The van der Waals surface area contributed by atoms with Gasteiger partial charge in [0.25, 0.3) is 5.52 Å². The van der Waals surface area contributed by atoms with E-state index < -0.39 is 11.7 Å². The molecule has 0 aliphatic heterocycles. The van der Waals surface area contributed by atoms with E-state index in [1.54, 1.807) is 12.1 Å². The zero-order valence-electron chi connectivity index (χ0n) is 15.2. The molecule has 4 aromatic rings. The minimum Gasteiger partial charge on any atom is -1.00 e. The van der Waals surface area contributed by atoms with E-state index in [-0.39, 0.29) is 18.0 Å². The van der Waals surface area contributed by atoms with Crippen molar-refractivity contribution in [3.8, 4) is 16.9 Å². The Morgan fingerprint density at radius 3 is 2.29 bits per heavy atom. The molecule has 1 aromatic heterocycles. The van der Waals surface area contributed by atoms with Crippen molar-refractivity contribution in [3.63, 3.8) is 0 Å². The maximum absolute atomic E-state index is 13.5. The summed E-state index contributed by atoms with van der Waals surface area (Å²) in [7, 11) is 3.43. The van der Waals surface area contributed by atoms with Crippen LogP contribution in [-0.2, 0) is 13.2 Å². The highest BCUT2D eigenvalue weighted by Gasteiger charge is 2.33. The minimum absolute atomic E-state index is 0. The fraction of sp³-hybridized carbons (Fsp3) is 0.136. The van der Waals surface area contributed by atoms with Crippen LogP contribution in [0.5, 0.6) is 5.75 Å². The number of aromatic nitrogens is 1. The molecule has 0 N–H and O–H groups in total. The summed E-state index contributed by atoms with van der Waals surface area (Å²) in [6.45, 7) is 0. The van der Waals surface area contributed by atoms with Gasteiger partial charge in [0.2, 0.25) is 0 Å². The number of benzene rings is 3. The Bertz CT molecular complexity index is 1170. The van der Waals surface area contributed by atoms with Gasteiger partial charge in [0.15, 0.2) is 11.9 Å². The van der Waals surface area contributed by atoms with E-state index in [1.807, 2.05) is 48.1 Å². The summed E-state index contributed by atoms with van der Waals surface area (Å²) in [5.74, 6) is 0.535. The van der Waals surface area contributed by atoms with E-state index in [0.29, 0.717) is 11.3 Å². The van der Waals surface area contributed by atoms with Crippen LogP contribution in [0.15, 0.2) is 66.9 Å². The average molecular weight is 404 g/mol. The Labute approximate surface area is 166 Å². The molecule has 0 spiro atoms. The molecular formula is C22H17ClF3NO. The quantitative estimate of drug-likeness (QED) is 0.370. The molecule has 2 nitrogen and oxygen atoms in total. The van der Waals surface area contributed by atoms with Crippen molar-refractivity contribution in [3.05, 3.63) is 72.4 Å². The molecule has 28 heavy (non-hydrogen) atoms. The number of hydrogen-bond donors (Lipinski definition) is 0.